The first kappa shape index (κ1) is 22.3. The Kier molecular flexibility index (Phi) is 9.87. The van der Waals surface area contributed by atoms with Gasteiger partial charge in [-0.05, 0) is 31.0 Å². The molecule has 2 rings (SSSR count). The molecule has 2 aromatic rings. The summed E-state index contributed by atoms with van der Waals surface area (Å²) in [6.07, 6.45) is 14.2. The fourth-order valence-corrected chi connectivity index (χ4v) is 3.75. The Bertz CT molecular complexity index is 763. The molecule has 0 saturated heterocycles. The van der Waals surface area contributed by atoms with E-state index in [4.69, 9.17) is 0 Å². The van der Waals surface area contributed by atoms with Crippen molar-refractivity contribution in [2.75, 3.05) is 5.32 Å². The van der Waals surface area contributed by atoms with Crippen LogP contribution in [0.5, 0.6) is 0 Å². The molecule has 1 aromatic heterocycles. The van der Waals surface area contributed by atoms with Crippen LogP contribution < -0.4 is 11.0 Å². The van der Waals surface area contributed by atoms with Crippen LogP contribution in [0.2, 0.25) is 0 Å². The molecule has 5 nitrogen and oxygen atoms in total. The molecule has 0 aliphatic heterocycles. The van der Waals surface area contributed by atoms with E-state index < -0.39 is 0 Å². The Hall–Kier alpha value is -2.04. The highest BCUT2D eigenvalue weighted by molar-refractivity contribution is 5.94. The largest absolute Gasteiger partial charge is 0.326 e. The van der Waals surface area contributed by atoms with E-state index in [1.807, 2.05) is 18.2 Å². The number of H-pyrrole nitrogens is 2. The third-order valence-electron chi connectivity index (χ3n) is 5.47. The monoisotopic (exact) mass is 387 g/mol. The van der Waals surface area contributed by atoms with Crippen molar-refractivity contribution in [2.45, 2.75) is 90.9 Å². The first-order chi connectivity index (χ1) is 13.6. The van der Waals surface area contributed by atoms with Gasteiger partial charge in [0, 0.05) is 11.6 Å². The molecule has 1 aromatic carbocycles. The van der Waals surface area contributed by atoms with E-state index in [1.54, 1.807) is 0 Å². The van der Waals surface area contributed by atoms with Crippen LogP contribution in [0.1, 0.15) is 90.9 Å². The number of hydrogen-bond donors (Lipinski definition) is 3. The lowest BCUT2D eigenvalue weighted by Gasteiger charge is -2.17. The number of unbranched alkanes of at least 4 members (excludes halogenated alkanes) is 8. The fourth-order valence-electron chi connectivity index (χ4n) is 3.75. The average molecular weight is 388 g/mol. The molecule has 0 aliphatic rings. The number of fused-ring (bicyclic) bond motifs is 1. The standard InChI is InChI=1S/C23H37N3O2/c1-3-5-7-9-10-12-14-18(13-11-8-6-4-2)22(27)24-19-15-16-20-21(17-19)26-23(28)25-20/h15-18H,3-14H2,1-2H3,(H,24,27)(H2,25,26,28). The second kappa shape index (κ2) is 12.4. The van der Waals surface area contributed by atoms with E-state index in [2.05, 4.69) is 29.1 Å². The van der Waals surface area contributed by atoms with Crippen LogP contribution >= 0.6 is 0 Å². The minimum absolute atomic E-state index is 0.0731. The van der Waals surface area contributed by atoms with Gasteiger partial charge in [0.2, 0.25) is 5.91 Å². The van der Waals surface area contributed by atoms with Crippen LogP contribution in [0, 0.1) is 5.92 Å². The molecule has 0 saturated carbocycles. The quantitative estimate of drug-likeness (QED) is 0.341. The SMILES string of the molecule is CCCCCCCCC(CCCCCC)C(=O)Nc1ccc2[nH]c(=O)[nH]c2c1. The average Bonchev–Trinajstić information content (AvgIpc) is 3.05. The molecular formula is C23H37N3O2. The summed E-state index contributed by atoms with van der Waals surface area (Å²) < 4.78 is 0. The molecule has 0 bridgehead atoms. The zero-order valence-electron chi connectivity index (χ0n) is 17.6. The molecule has 28 heavy (non-hydrogen) atoms. The summed E-state index contributed by atoms with van der Waals surface area (Å²) in [5.74, 6) is 0.186. The van der Waals surface area contributed by atoms with Crippen molar-refractivity contribution in [3.05, 3.63) is 28.7 Å². The maximum absolute atomic E-state index is 12.9. The Morgan fingerprint density at radius 3 is 2.11 bits per heavy atom. The molecule has 0 spiro atoms. The molecule has 156 valence electrons. The van der Waals surface area contributed by atoms with Crippen LogP contribution in [-0.2, 0) is 4.79 Å². The maximum atomic E-state index is 12.9. The molecule has 0 aliphatic carbocycles. The summed E-state index contributed by atoms with van der Waals surface area (Å²) >= 11 is 0. The van der Waals surface area contributed by atoms with Gasteiger partial charge < -0.3 is 15.3 Å². The number of aromatic amines is 2. The van der Waals surface area contributed by atoms with Crippen LogP contribution in [-0.4, -0.2) is 15.9 Å². The number of carbonyl (C=O) groups is 1. The highest BCUT2D eigenvalue weighted by Gasteiger charge is 2.18. The Morgan fingerprint density at radius 2 is 1.43 bits per heavy atom. The van der Waals surface area contributed by atoms with Crippen molar-refractivity contribution in [3.8, 4) is 0 Å². The van der Waals surface area contributed by atoms with Crippen molar-refractivity contribution in [3.63, 3.8) is 0 Å². The highest BCUT2D eigenvalue weighted by Crippen LogP contribution is 2.22. The lowest BCUT2D eigenvalue weighted by molar-refractivity contribution is -0.120. The Balaban J connectivity index is 1.90. The van der Waals surface area contributed by atoms with E-state index >= 15 is 0 Å². The van der Waals surface area contributed by atoms with Gasteiger partial charge in [0.05, 0.1) is 11.0 Å². The summed E-state index contributed by atoms with van der Waals surface area (Å²) in [5, 5.41) is 3.07. The Morgan fingerprint density at radius 1 is 0.857 bits per heavy atom. The van der Waals surface area contributed by atoms with Gasteiger partial charge in [-0.2, -0.15) is 0 Å². The summed E-state index contributed by atoms with van der Waals surface area (Å²) in [6, 6.07) is 5.50. The van der Waals surface area contributed by atoms with Crippen molar-refractivity contribution in [2.24, 2.45) is 5.92 Å². The van der Waals surface area contributed by atoms with Gasteiger partial charge in [-0.15, -0.1) is 0 Å². The zero-order valence-corrected chi connectivity index (χ0v) is 17.6. The minimum atomic E-state index is -0.227. The van der Waals surface area contributed by atoms with Gasteiger partial charge in [-0.25, -0.2) is 4.79 Å². The van der Waals surface area contributed by atoms with Crippen molar-refractivity contribution in [1.29, 1.82) is 0 Å². The molecular weight excluding hydrogens is 350 g/mol. The molecule has 5 heteroatoms. The number of benzene rings is 1. The number of amides is 1. The predicted octanol–water partition coefficient (Wildman–Crippen LogP) is 6.13. The van der Waals surface area contributed by atoms with Gasteiger partial charge in [0.25, 0.3) is 0 Å². The molecule has 1 atom stereocenters. The number of hydrogen-bond acceptors (Lipinski definition) is 2. The number of imidazole rings is 1. The van der Waals surface area contributed by atoms with E-state index in [1.165, 1.54) is 51.4 Å². The van der Waals surface area contributed by atoms with Gasteiger partial charge >= 0.3 is 5.69 Å². The zero-order chi connectivity index (χ0) is 20.2. The number of aromatic nitrogens is 2. The summed E-state index contributed by atoms with van der Waals surface area (Å²) in [5.41, 5.74) is 1.99. The van der Waals surface area contributed by atoms with E-state index in [0.717, 1.165) is 42.4 Å². The third kappa shape index (κ3) is 7.53. The smallest absolute Gasteiger partial charge is 0.323 e. The molecule has 1 heterocycles. The molecule has 1 unspecified atom stereocenters. The van der Waals surface area contributed by atoms with Crippen LogP contribution in [0.15, 0.2) is 23.0 Å². The molecule has 1 amide bonds. The van der Waals surface area contributed by atoms with E-state index in [-0.39, 0.29) is 17.5 Å². The Labute approximate surface area is 168 Å². The van der Waals surface area contributed by atoms with Crippen LogP contribution in [0.3, 0.4) is 0 Å². The highest BCUT2D eigenvalue weighted by atomic mass is 16.2. The maximum Gasteiger partial charge on any atom is 0.323 e. The van der Waals surface area contributed by atoms with Crippen LogP contribution in [0.4, 0.5) is 5.69 Å². The van der Waals surface area contributed by atoms with Gasteiger partial charge in [-0.1, -0.05) is 78.1 Å². The normalized spacial score (nSPS) is 12.4. The van der Waals surface area contributed by atoms with E-state index in [9.17, 15) is 9.59 Å². The van der Waals surface area contributed by atoms with Crippen molar-refractivity contribution in [1.82, 2.24) is 9.97 Å². The predicted molar refractivity (Wildman–Crippen MR) is 118 cm³/mol. The summed E-state index contributed by atoms with van der Waals surface area (Å²) in [7, 11) is 0. The summed E-state index contributed by atoms with van der Waals surface area (Å²) in [4.78, 5) is 29.8. The van der Waals surface area contributed by atoms with Gasteiger partial charge in [0.15, 0.2) is 0 Å². The number of anilines is 1. The number of carbonyl (C=O) groups excluding carboxylic acids is 1. The lowest BCUT2D eigenvalue weighted by Crippen LogP contribution is -2.23. The number of rotatable bonds is 14. The molecule has 0 fully saturated rings. The minimum Gasteiger partial charge on any atom is -0.326 e. The van der Waals surface area contributed by atoms with E-state index in [0.29, 0.717) is 0 Å². The first-order valence-electron chi connectivity index (χ1n) is 11.2. The molecule has 3 N–H and O–H groups in total. The lowest BCUT2D eigenvalue weighted by atomic mass is 9.93. The first-order valence-corrected chi connectivity index (χ1v) is 11.2. The third-order valence-corrected chi connectivity index (χ3v) is 5.47. The number of nitrogens with one attached hydrogen (secondary N) is 3. The van der Waals surface area contributed by atoms with Gasteiger partial charge in [-0.3, -0.25) is 4.79 Å². The van der Waals surface area contributed by atoms with Gasteiger partial charge in [0.1, 0.15) is 0 Å². The fraction of sp³-hybridized carbons (Fsp3) is 0.652. The van der Waals surface area contributed by atoms with Crippen LogP contribution in [0.25, 0.3) is 11.0 Å². The second-order valence-corrected chi connectivity index (χ2v) is 7.93. The summed E-state index contributed by atoms with van der Waals surface area (Å²) in [6.45, 7) is 4.44. The van der Waals surface area contributed by atoms with Crippen molar-refractivity contribution >= 4 is 22.6 Å². The second-order valence-electron chi connectivity index (χ2n) is 7.93. The van der Waals surface area contributed by atoms with Crippen molar-refractivity contribution < 1.29 is 4.79 Å². The topological polar surface area (TPSA) is 77.8 Å². The molecule has 0 radical (unpaired) electrons.